The van der Waals surface area contributed by atoms with Crippen LogP contribution < -0.4 is 21.1 Å². The summed E-state index contributed by atoms with van der Waals surface area (Å²) in [5.74, 6) is 0.493. The van der Waals surface area contributed by atoms with Gasteiger partial charge in [0.2, 0.25) is 0 Å². The van der Waals surface area contributed by atoms with Crippen LogP contribution in [-0.2, 0) is 11.2 Å². The fraction of sp³-hybridized carbons (Fsp3) is 0.125. The van der Waals surface area contributed by atoms with Gasteiger partial charge in [-0.25, -0.2) is 4.79 Å². The van der Waals surface area contributed by atoms with Crippen LogP contribution in [-0.4, -0.2) is 31.2 Å². The van der Waals surface area contributed by atoms with Gasteiger partial charge in [0.1, 0.15) is 5.75 Å². The Morgan fingerprint density at radius 3 is 2.41 bits per heavy atom. The lowest BCUT2D eigenvalue weighted by Crippen LogP contribution is -2.33. The second-order valence-corrected chi connectivity index (χ2v) is 7.30. The third-order valence-corrected chi connectivity index (χ3v) is 4.94. The minimum atomic E-state index is -0.674. The van der Waals surface area contributed by atoms with Gasteiger partial charge in [-0.1, -0.05) is 36.4 Å². The lowest BCUT2D eigenvalue weighted by molar-refractivity contribution is 0.103. The average Bonchev–Trinajstić information content (AvgIpc) is 2.79. The van der Waals surface area contributed by atoms with Crippen LogP contribution in [0.25, 0.3) is 0 Å². The molecule has 0 aliphatic heterocycles. The fourth-order valence-electron chi connectivity index (χ4n) is 3.20. The number of methoxy groups -OCH3 is 2. The van der Waals surface area contributed by atoms with Crippen molar-refractivity contribution in [3.05, 3.63) is 89.0 Å². The highest BCUT2D eigenvalue weighted by Crippen LogP contribution is 2.26. The van der Waals surface area contributed by atoms with Gasteiger partial charge in [-0.2, -0.15) is 0 Å². The van der Waals surface area contributed by atoms with Crippen LogP contribution >= 0.6 is 12.2 Å². The van der Waals surface area contributed by atoms with E-state index in [1.807, 2.05) is 36.4 Å². The highest BCUT2D eigenvalue weighted by atomic mass is 32.1. The molecular formula is C24H23N3O4S. The maximum atomic E-state index is 13.2. The van der Waals surface area contributed by atoms with E-state index in [1.54, 1.807) is 37.4 Å². The minimum absolute atomic E-state index is 0.0821. The molecular weight excluding hydrogens is 426 g/mol. The normalized spacial score (nSPS) is 10.2. The summed E-state index contributed by atoms with van der Waals surface area (Å²) in [6, 6.07) is 19.9. The molecule has 0 heterocycles. The van der Waals surface area contributed by atoms with E-state index < -0.39 is 6.09 Å². The first kappa shape index (κ1) is 22.8. The molecule has 0 spiro atoms. The van der Waals surface area contributed by atoms with Gasteiger partial charge >= 0.3 is 6.09 Å². The number of carbonyl (C=O) groups excluding carboxylic acids is 2. The Kier molecular flexibility index (Phi) is 7.41. The molecule has 0 aliphatic carbocycles. The Morgan fingerprint density at radius 1 is 1.00 bits per heavy atom. The predicted molar refractivity (Wildman–Crippen MR) is 128 cm³/mol. The molecule has 3 aromatic rings. The summed E-state index contributed by atoms with van der Waals surface area (Å²) >= 11 is 5.14. The van der Waals surface area contributed by atoms with E-state index >= 15 is 0 Å². The van der Waals surface area contributed by atoms with Crippen LogP contribution in [0.4, 0.5) is 16.2 Å². The molecule has 32 heavy (non-hydrogen) atoms. The van der Waals surface area contributed by atoms with E-state index in [2.05, 4.69) is 15.4 Å². The van der Waals surface area contributed by atoms with Crippen molar-refractivity contribution >= 4 is 40.6 Å². The zero-order valence-corrected chi connectivity index (χ0v) is 18.5. The summed E-state index contributed by atoms with van der Waals surface area (Å²) < 4.78 is 9.77. The topological polar surface area (TPSA) is 103 Å². The lowest BCUT2D eigenvalue weighted by atomic mass is 9.93. The Hall–Kier alpha value is -3.91. The Labute approximate surface area is 191 Å². The number of rotatable bonds is 6. The van der Waals surface area contributed by atoms with Crippen molar-refractivity contribution in [2.45, 2.75) is 6.42 Å². The molecule has 0 atom stereocenters. The molecule has 3 aromatic carbocycles. The van der Waals surface area contributed by atoms with Gasteiger partial charge < -0.3 is 20.5 Å². The lowest BCUT2D eigenvalue weighted by Gasteiger charge is -2.14. The molecule has 0 fully saturated rings. The molecule has 1 amide bonds. The molecule has 3 rings (SSSR count). The predicted octanol–water partition coefficient (Wildman–Crippen LogP) is 4.15. The van der Waals surface area contributed by atoms with Crippen LogP contribution in [0.3, 0.4) is 0 Å². The number of hydrogen-bond acceptors (Lipinski definition) is 6. The molecule has 0 unspecified atom stereocenters. The minimum Gasteiger partial charge on any atom is -0.495 e. The Bertz CT molecular complexity index is 1150. The smallest absolute Gasteiger partial charge is 0.413 e. The summed E-state index contributed by atoms with van der Waals surface area (Å²) in [4.78, 5) is 24.6. The summed E-state index contributed by atoms with van der Waals surface area (Å²) in [5.41, 5.74) is 10.0. The number of ether oxygens (including phenoxy) is 2. The molecule has 0 bridgehead atoms. The van der Waals surface area contributed by atoms with E-state index in [0.717, 1.165) is 11.1 Å². The fourth-order valence-corrected chi connectivity index (χ4v) is 3.41. The van der Waals surface area contributed by atoms with Gasteiger partial charge in [-0.15, -0.1) is 0 Å². The van der Waals surface area contributed by atoms with E-state index in [0.29, 0.717) is 34.7 Å². The first-order valence-electron chi connectivity index (χ1n) is 9.72. The largest absolute Gasteiger partial charge is 0.495 e. The van der Waals surface area contributed by atoms with Gasteiger partial charge in [0.05, 0.1) is 19.9 Å². The molecule has 0 aliphatic rings. The number of amides is 1. The van der Waals surface area contributed by atoms with E-state index in [4.69, 9.17) is 22.7 Å². The monoisotopic (exact) mass is 449 g/mol. The number of nitrogens with one attached hydrogen (secondary N) is 2. The standard InChI is InChI=1S/C24H23N3O4S/c1-30-21-11-8-15(13-20(21)25)12-17-14-18(26-23(32)27-24(29)31-2)9-10-19(17)22(28)16-6-4-3-5-7-16/h3-11,13-14H,12,25H2,1-2H3,(H2,26,27,29,32). The average molecular weight is 450 g/mol. The van der Waals surface area contributed by atoms with Crippen LogP contribution in [0.1, 0.15) is 27.0 Å². The molecule has 7 nitrogen and oxygen atoms in total. The number of anilines is 2. The number of ketones is 1. The van der Waals surface area contributed by atoms with E-state index in [9.17, 15) is 9.59 Å². The second-order valence-electron chi connectivity index (χ2n) is 6.89. The molecule has 8 heteroatoms. The van der Waals surface area contributed by atoms with Gasteiger partial charge in [-0.05, 0) is 60.1 Å². The Balaban J connectivity index is 1.95. The second kappa shape index (κ2) is 10.4. The van der Waals surface area contributed by atoms with Crippen molar-refractivity contribution in [2.75, 3.05) is 25.3 Å². The first-order valence-corrected chi connectivity index (χ1v) is 10.1. The SMILES string of the molecule is COC(=O)NC(=S)Nc1ccc(C(=O)c2ccccc2)c(Cc2ccc(OC)c(N)c2)c1. The summed E-state index contributed by atoms with van der Waals surface area (Å²) in [5, 5.41) is 5.41. The van der Waals surface area contributed by atoms with Crippen molar-refractivity contribution < 1.29 is 19.1 Å². The van der Waals surface area contributed by atoms with Gasteiger partial charge in [-0.3, -0.25) is 10.1 Å². The van der Waals surface area contributed by atoms with Crippen molar-refractivity contribution in [2.24, 2.45) is 0 Å². The van der Waals surface area contributed by atoms with Crippen molar-refractivity contribution in [1.29, 1.82) is 0 Å². The number of thiocarbonyl (C=S) groups is 1. The number of hydrogen-bond donors (Lipinski definition) is 3. The van der Waals surface area contributed by atoms with Crippen LogP contribution in [0, 0.1) is 0 Å². The van der Waals surface area contributed by atoms with Crippen molar-refractivity contribution in [3.63, 3.8) is 0 Å². The summed E-state index contributed by atoms with van der Waals surface area (Å²) in [6.45, 7) is 0. The highest BCUT2D eigenvalue weighted by Gasteiger charge is 2.16. The Morgan fingerprint density at radius 2 is 1.75 bits per heavy atom. The molecule has 164 valence electrons. The van der Waals surface area contributed by atoms with Crippen molar-refractivity contribution in [3.8, 4) is 5.75 Å². The quantitative estimate of drug-likeness (QED) is 0.295. The van der Waals surface area contributed by atoms with E-state index in [1.165, 1.54) is 7.11 Å². The molecule has 0 saturated heterocycles. The first-order chi connectivity index (χ1) is 15.4. The number of carbonyl (C=O) groups is 2. The van der Waals surface area contributed by atoms with Gasteiger partial charge in [0.15, 0.2) is 10.9 Å². The maximum Gasteiger partial charge on any atom is 0.413 e. The van der Waals surface area contributed by atoms with Crippen LogP contribution in [0.15, 0.2) is 66.7 Å². The maximum absolute atomic E-state index is 13.2. The highest BCUT2D eigenvalue weighted by molar-refractivity contribution is 7.80. The number of nitrogen functional groups attached to an aromatic ring is 1. The van der Waals surface area contributed by atoms with Crippen molar-refractivity contribution in [1.82, 2.24) is 5.32 Å². The molecule has 0 saturated carbocycles. The van der Waals surface area contributed by atoms with Crippen LogP contribution in [0.5, 0.6) is 5.75 Å². The summed E-state index contributed by atoms with van der Waals surface area (Å²) in [6.07, 6.45) is -0.221. The van der Waals surface area contributed by atoms with E-state index in [-0.39, 0.29) is 10.9 Å². The zero-order valence-electron chi connectivity index (χ0n) is 17.7. The number of nitrogens with two attached hydrogens (primary N) is 1. The number of alkyl carbamates (subject to hydrolysis) is 1. The molecule has 0 radical (unpaired) electrons. The van der Waals surface area contributed by atoms with Gasteiger partial charge in [0, 0.05) is 16.8 Å². The zero-order chi connectivity index (χ0) is 23.1. The third kappa shape index (κ3) is 5.61. The number of benzene rings is 3. The van der Waals surface area contributed by atoms with Crippen LogP contribution in [0.2, 0.25) is 0 Å². The van der Waals surface area contributed by atoms with Gasteiger partial charge in [0.25, 0.3) is 0 Å². The molecule has 0 aromatic heterocycles. The molecule has 4 N–H and O–H groups in total. The summed E-state index contributed by atoms with van der Waals surface area (Å²) in [7, 11) is 2.81. The third-order valence-electron chi connectivity index (χ3n) is 4.73.